The van der Waals surface area contributed by atoms with E-state index in [1.807, 2.05) is 19.2 Å². The lowest BCUT2D eigenvalue weighted by molar-refractivity contribution is 0.560. The molecule has 0 spiro atoms. The van der Waals surface area contributed by atoms with Crippen LogP contribution in [0.5, 0.6) is 0 Å². The highest BCUT2D eigenvalue weighted by molar-refractivity contribution is 9.10. The van der Waals surface area contributed by atoms with E-state index in [0.29, 0.717) is 0 Å². The molecule has 3 rings (SSSR count). The number of thiophene rings is 1. The van der Waals surface area contributed by atoms with Crippen molar-refractivity contribution in [2.75, 3.05) is 0 Å². The number of nitrogens with zero attached hydrogens (tertiary/aromatic N) is 3. The first-order chi connectivity index (χ1) is 10.1. The quantitative estimate of drug-likeness (QED) is 0.552. The molecule has 0 aliphatic heterocycles. The Bertz CT molecular complexity index is 752. The van der Waals surface area contributed by atoms with Gasteiger partial charge in [0.15, 0.2) is 5.65 Å². The summed E-state index contributed by atoms with van der Waals surface area (Å²) in [7, 11) is 0. The number of fused-ring (bicyclic) bond motifs is 1. The molecule has 6 heteroatoms. The third kappa shape index (κ3) is 2.74. The van der Waals surface area contributed by atoms with Gasteiger partial charge < -0.3 is 4.57 Å². The third-order valence-corrected chi connectivity index (χ3v) is 5.05. The van der Waals surface area contributed by atoms with Crippen LogP contribution in [-0.4, -0.2) is 14.5 Å². The van der Waals surface area contributed by atoms with Crippen molar-refractivity contribution in [1.29, 1.82) is 0 Å². The Balaban J connectivity index is 2.26. The molecule has 3 heterocycles. The number of aromatic nitrogens is 3. The van der Waals surface area contributed by atoms with Crippen molar-refractivity contribution in [3.05, 3.63) is 45.0 Å². The monoisotopic (exact) mass is 383 g/mol. The number of alkyl halides is 1. The molecular weight excluding hydrogens is 370 g/mol. The van der Waals surface area contributed by atoms with Gasteiger partial charge in [0.2, 0.25) is 0 Å². The molecule has 0 N–H and O–H groups in total. The van der Waals surface area contributed by atoms with Crippen molar-refractivity contribution < 1.29 is 0 Å². The van der Waals surface area contributed by atoms with Gasteiger partial charge in [-0.05, 0) is 46.8 Å². The van der Waals surface area contributed by atoms with Crippen LogP contribution in [0.15, 0.2) is 34.2 Å². The van der Waals surface area contributed by atoms with Gasteiger partial charge in [-0.25, -0.2) is 9.97 Å². The predicted octanol–water partition coefficient (Wildman–Crippen LogP) is 5.55. The summed E-state index contributed by atoms with van der Waals surface area (Å²) in [5.74, 6) is 0.873. The molecule has 3 aromatic heterocycles. The number of hydrogen-bond acceptors (Lipinski definition) is 3. The molecule has 2 atom stereocenters. The maximum Gasteiger partial charge on any atom is 0.160 e. The van der Waals surface area contributed by atoms with E-state index < -0.39 is 0 Å². The van der Waals surface area contributed by atoms with Crippen LogP contribution in [-0.2, 0) is 0 Å². The number of halogens is 2. The van der Waals surface area contributed by atoms with Gasteiger partial charge in [-0.3, -0.25) is 0 Å². The Morgan fingerprint density at radius 3 is 2.90 bits per heavy atom. The highest BCUT2D eigenvalue weighted by Crippen LogP contribution is 2.34. The fourth-order valence-corrected chi connectivity index (χ4v) is 3.93. The molecule has 0 radical (unpaired) electrons. The van der Waals surface area contributed by atoms with E-state index in [4.69, 9.17) is 16.6 Å². The van der Waals surface area contributed by atoms with E-state index >= 15 is 0 Å². The molecule has 0 amide bonds. The largest absolute Gasteiger partial charge is 0.303 e. The Hall–Kier alpha value is -0.910. The van der Waals surface area contributed by atoms with Gasteiger partial charge in [0.25, 0.3) is 0 Å². The van der Waals surface area contributed by atoms with Crippen molar-refractivity contribution >= 4 is 50.0 Å². The van der Waals surface area contributed by atoms with Gasteiger partial charge in [-0.1, -0.05) is 13.0 Å². The number of rotatable bonds is 4. The van der Waals surface area contributed by atoms with Crippen LogP contribution < -0.4 is 0 Å². The van der Waals surface area contributed by atoms with Gasteiger partial charge in [0, 0.05) is 15.5 Å². The summed E-state index contributed by atoms with van der Waals surface area (Å²) in [6, 6.07) is 6.45. The molecule has 0 saturated heterocycles. The second kappa shape index (κ2) is 6.07. The van der Waals surface area contributed by atoms with Gasteiger partial charge in [0.05, 0.1) is 11.4 Å². The van der Waals surface area contributed by atoms with Crippen LogP contribution in [0.3, 0.4) is 0 Å². The van der Waals surface area contributed by atoms with Crippen LogP contribution in [0.25, 0.3) is 11.2 Å². The van der Waals surface area contributed by atoms with E-state index in [-0.39, 0.29) is 11.4 Å². The van der Waals surface area contributed by atoms with Gasteiger partial charge in [-0.2, -0.15) is 0 Å². The molecule has 0 aliphatic carbocycles. The summed E-state index contributed by atoms with van der Waals surface area (Å²) in [5.41, 5.74) is 1.77. The van der Waals surface area contributed by atoms with E-state index in [0.717, 1.165) is 27.9 Å². The first-order valence-electron chi connectivity index (χ1n) is 6.82. The topological polar surface area (TPSA) is 30.7 Å². The zero-order valence-electron chi connectivity index (χ0n) is 11.8. The Morgan fingerprint density at radius 2 is 2.29 bits per heavy atom. The summed E-state index contributed by atoms with van der Waals surface area (Å²) < 4.78 is 3.11. The van der Waals surface area contributed by atoms with Crippen LogP contribution in [0, 0.1) is 0 Å². The van der Waals surface area contributed by atoms with E-state index in [2.05, 4.69) is 49.9 Å². The molecule has 2 unspecified atom stereocenters. The van der Waals surface area contributed by atoms with E-state index in [9.17, 15) is 0 Å². The maximum atomic E-state index is 6.36. The molecule has 0 aromatic carbocycles. The average molecular weight is 385 g/mol. The van der Waals surface area contributed by atoms with Crippen molar-refractivity contribution in [1.82, 2.24) is 14.5 Å². The lowest BCUT2D eigenvalue weighted by Crippen LogP contribution is -2.13. The standard InChI is InChI=1S/C15H15BrClN3S/c1-3-12(13-5-4-6-21-13)20-14(9(2)17)19-11-7-10(16)8-18-15(11)20/h4-9,12H,3H2,1-2H3. The maximum absolute atomic E-state index is 6.36. The second-order valence-corrected chi connectivity index (χ2v) is 7.44. The van der Waals surface area contributed by atoms with Crippen molar-refractivity contribution in [3.63, 3.8) is 0 Å². The molecule has 0 bridgehead atoms. The SMILES string of the molecule is CCC(c1cccs1)n1c(C(C)Cl)nc2cc(Br)cnc21. The third-order valence-electron chi connectivity index (χ3n) is 3.45. The molecule has 3 aromatic rings. The number of pyridine rings is 1. The Morgan fingerprint density at radius 1 is 1.48 bits per heavy atom. The summed E-state index contributed by atoms with van der Waals surface area (Å²) in [4.78, 5) is 10.6. The highest BCUT2D eigenvalue weighted by Gasteiger charge is 2.23. The lowest BCUT2D eigenvalue weighted by atomic mass is 10.1. The zero-order valence-corrected chi connectivity index (χ0v) is 14.9. The molecule has 110 valence electrons. The van der Waals surface area contributed by atoms with E-state index in [1.54, 1.807) is 11.3 Å². The summed E-state index contributed by atoms with van der Waals surface area (Å²) in [6.07, 6.45) is 2.78. The van der Waals surface area contributed by atoms with Crippen LogP contribution in [0.2, 0.25) is 0 Å². The van der Waals surface area contributed by atoms with Crippen LogP contribution >= 0.6 is 38.9 Å². The minimum Gasteiger partial charge on any atom is -0.303 e. The fourth-order valence-electron chi connectivity index (χ4n) is 2.55. The Labute approximate surface area is 141 Å². The minimum absolute atomic E-state index is 0.160. The normalized spacial score (nSPS) is 14.5. The lowest BCUT2D eigenvalue weighted by Gasteiger charge is -2.19. The van der Waals surface area contributed by atoms with Crippen molar-refractivity contribution in [2.45, 2.75) is 31.7 Å². The highest BCUT2D eigenvalue weighted by atomic mass is 79.9. The van der Waals surface area contributed by atoms with Gasteiger partial charge in [-0.15, -0.1) is 22.9 Å². The van der Waals surface area contributed by atoms with E-state index in [1.165, 1.54) is 4.88 Å². The van der Waals surface area contributed by atoms with Gasteiger partial charge in [0.1, 0.15) is 11.3 Å². The number of hydrogen-bond donors (Lipinski definition) is 0. The van der Waals surface area contributed by atoms with Crippen molar-refractivity contribution in [2.24, 2.45) is 0 Å². The first kappa shape index (κ1) is 15.0. The van der Waals surface area contributed by atoms with Gasteiger partial charge >= 0.3 is 0 Å². The summed E-state index contributed by atoms with van der Waals surface area (Å²) >= 11 is 11.6. The number of imidazole rings is 1. The summed E-state index contributed by atoms with van der Waals surface area (Å²) in [6.45, 7) is 4.13. The predicted molar refractivity (Wildman–Crippen MR) is 92.2 cm³/mol. The average Bonchev–Trinajstić information content (AvgIpc) is 3.08. The summed E-state index contributed by atoms with van der Waals surface area (Å²) in [5, 5.41) is 1.94. The van der Waals surface area contributed by atoms with Crippen molar-refractivity contribution in [3.8, 4) is 0 Å². The first-order valence-corrected chi connectivity index (χ1v) is 8.93. The van der Waals surface area contributed by atoms with Crippen LogP contribution in [0.4, 0.5) is 0 Å². The second-order valence-electron chi connectivity index (χ2n) is 4.89. The molecule has 0 saturated carbocycles. The Kier molecular flexibility index (Phi) is 4.33. The fraction of sp³-hybridized carbons (Fsp3) is 0.333. The molecule has 21 heavy (non-hydrogen) atoms. The van der Waals surface area contributed by atoms with Crippen LogP contribution in [0.1, 0.15) is 42.4 Å². The molecular formula is C15H15BrClN3S. The smallest absolute Gasteiger partial charge is 0.160 e. The molecule has 3 nitrogen and oxygen atoms in total. The zero-order chi connectivity index (χ0) is 15.0. The molecule has 0 fully saturated rings. The minimum atomic E-state index is -0.160. The molecule has 0 aliphatic rings.